The topological polar surface area (TPSA) is 67.4 Å². The van der Waals surface area contributed by atoms with E-state index in [1.807, 2.05) is 19.1 Å². The van der Waals surface area contributed by atoms with Gasteiger partial charge in [-0.3, -0.25) is 0 Å². The average molecular weight is 314 g/mol. The molecule has 6 heteroatoms. The fourth-order valence-electron chi connectivity index (χ4n) is 1.82. The first-order valence-corrected chi connectivity index (χ1v) is 8.83. The third-order valence-corrected chi connectivity index (χ3v) is 4.42. The van der Waals surface area contributed by atoms with Crippen LogP contribution in [0.4, 0.5) is 0 Å². The summed E-state index contributed by atoms with van der Waals surface area (Å²) < 4.78 is 31.7. The van der Waals surface area contributed by atoms with Crippen LogP contribution in [0.2, 0.25) is 0 Å². The van der Waals surface area contributed by atoms with Crippen LogP contribution in [0.15, 0.2) is 29.2 Å². The second-order valence-corrected chi connectivity index (χ2v) is 6.86. The van der Waals surface area contributed by atoms with Gasteiger partial charge in [0.2, 0.25) is 10.0 Å². The molecule has 0 atom stereocenters. The first-order chi connectivity index (χ1) is 9.95. The molecule has 1 rings (SSSR count). The predicted molar refractivity (Wildman–Crippen MR) is 85.0 cm³/mol. The van der Waals surface area contributed by atoms with E-state index in [1.165, 1.54) is 0 Å². The molecule has 0 radical (unpaired) electrons. The van der Waals surface area contributed by atoms with Crippen molar-refractivity contribution in [3.8, 4) is 0 Å². The minimum atomic E-state index is -3.44. The van der Waals surface area contributed by atoms with Crippen LogP contribution < -0.4 is 10.0 Å². The van der Waals surface area contributed by atoms with Crippen molar-refractivity contribution in [1.82, 2.24) is 10.0 Å². The van der Waals surface area contributed by atoms with Crippen LogP contribution in [-0.2, 0) is 21.2 Å². The molecule has 0 bridgehead atoms. The molecular weight excluding hydrogens is 288 g/mol. The molecule has 0 amide bonds. The van der Waals surface area contributed by atoms with Gasteiger partial charge in [0, 0.05) is 19.2 Å². The van der Waals surface area contributed by atoms with Gasteiger partial charge in [-0.15, -0.1) is 0 Å². The molecule has 1 aromatic rings. The van der Waals surface area contributed by atoms with Gasteiger partial charge in [-0.1, -0.05) is 26.0 Å². The second-order valence-electron chi connectivity index (χ2n) is 5.10. The zero-order valence-electron chi connectivity index (χ0n) is 13.1. The van der Waals surface area contributed by atoms with Gasteiger partial charge in [0.25, 0.3) is 0 Å². The minimum absolute atomic E-state index is 0.288. The summed E-state index contributed by atoms with van der Waals surface area (Å²) in [6.45, 7) is 8.22. The van der Waals surface area contributed by atoms with Gasteiger partial charge in [0.05, 0.1) is 11.5 Å². The molecule has 1 aromatic carbocycles. The molecule has 120 valence electrons. The van der Waals surface area contributed by atoms with Crippen LogP contribution in [0.5, 0.6) is 0 Å². The van der Waals surface area contributed by atoms with Crippen molar-refractivity contribution in [2.45, 2.75) is 38.1 Å². The van der Waals surface area contributed by atoms with Gasteiger partial charge >= 0.3 is 0 Å². The van der Waals surface area contributed by atoms with Crippen molar-refractivity contribution < 1.29 is 13.2 Å². The number of ether oxygens (including phenoxy) is 1. The maximum absolute atomic E-state index is 12.0. The highest BCUT2D eigenvalue weighted by molar-refractivity contribution is 7.89. The Morgan fingerprint density at radius 1 is 1.14 bits per heavy atom. The first kappa shape index (κ1) is 18.1. The second kappa shape index (κ2) is 9.15. The van der Waals surface area contributed by atoms with Gasteiger partial charge in [-0.05, 0) is 37.6 Å². The summed E-state index contributed by atoms with van der Waals surface area (Å²) in [5, 5.41) is 3.33. The smallest absolute Gasteiger partial charge is 0.240 e. The third kappa shape index (κ3) is 7.04. The Hall–Kier alpha value is -0.950. The predicted octanol–water partition coefficient (Wildman–Crippen LogP) is 1.54. The zero-order chi connectivity index (χ0) is 15.7. The van der Waals surface area contributed by atoms with Gasteiger partial charge in [0.15, 0.2) is 0 Å². The standard InChI is InChI=1S/C15H26N2O3S/c1-4-20-12-11-17-21(18,19)15-7-5-14(6-8-15)9-10-16-13(2)3/h5-8,13,16-17H,4,9-12H2,1-3H3. The largest absolute Gasteiger partial charge is 0.380 e. The van der Waals surface area contributed by atoms with Crippen molar-refractivity contribution in [3.05, 3.63) is 29.8 Å². The summed E-state index contributed by atoms with van der Waals surface area (Å²) >= 11 is 0. The summed E-state index contributed by atoms with van der Waals surface area (Å²) in [6.07, 6.45) is 0.885. The Morgan fingerprint density at radius 3 is 2.38 bits per heavy atom. The number of rotatable bonds is 10. The van der Waals surface area contributed by atoms with Gasteiger partial charge < -0.3 is 10.1 Å². The molecule has 0 heterocycles. The minimum Gasteiger partial charge on any atom is -0.380 e. The van der Waals surface area contributed by atoms with E-state index < -0.39 is 10.0 Å². The Balaban J connectivity index is 2.52. The van der Waals surface area contributed by atoms with Crippen molar-refractivity contribution in [2.24, 2.45) is 0 Å². The molecule has 0 aliphatic rings. The summed E-state index contributed by atoms with van der Waals surface area (Å²) in [5.74, 6) is 0. The number of nitrogens with one attached hydrogen (secondary N) is 2. The van der Waals surface area contributed by atoms with Crippen LogP contribution in [0.1, 0.15) is 26.3 Å². The van der Waals surface area contributed by atoms with E-state index in [-0.39, 0.29) is 6.54 Å². The molecule has 0 saturated carbocycles. The van der Waals surface area contributed by atoms with E-state index in [0.29, 0.717) is 24.2 Å². The van der Waals surface area contributed by atoms with Gasteiger partial charge in [-0.2, -0.15) is 0 Å². The molecule has 0 unspecified atom stereocenters. The molecule has 0 saturated heterocycles. The molecule has 0 fully saturated rings. The van der Waals surface area contributed by atoms with E-state index >= 15 is 0 Å². The molecule has 0 spiro atoms. The van der Waals surface area contributed by atoms with E-state index in [4.69, 9.17) is 4.74 Å². The van der Waals surface area contributed by atoms with Crippen LogP contribution in [0.3, 0.4) is 0 Å². The van der Waals surface area contributed by atoms with Crippen molar-refractivity contribution >= 4 is 10.0 Å². The lowest BCUT2D eigenvalue weighted by Gasteiger charge is -2.09. The maximum Gasteiger partial charge on any atom is 0.240 e. The Kier molecular flexibility index (Phi) is 7.88. The highest BCUT2D eigenvalue weighted by atomic mass is 32.2. The van der Waals surface area contributed by atoms with E-state index in [9.17, 15) is 8.42 Å². The third-order valence-electron chi connectivity index (χ3n) is 2.94. The van der Waals surface area contributed by atoms with E-state index in [0.717, 1.165) is 18.5 Å². The Bertz CT molecular complexity index is 498. The van der Waals surface area contributed by atoms with Gasteiger partial charge in [-0.25, -0.2) is 13.1 Å². The molecule has 0 aliphatic carbocycles. The molecule has 5 nitrogen and oxygen atoms in total. The lowest BCUT2D eigenvalue weighted by molar-refractivity contribution is 0.153. The number of hydrogen-bond donors (Lipinski definition) is 2. The summed E-state index contributed by atoms with van der Waals surface area (Å²) in [5.41, 5.74) is 1.12. The zero-order valence-corrected chi connectivity index (χ0v) is 13.9. The fourth-order valence-corrected chi connectivity index (χ4v) is 2.83. The van der Waals surface area contributed by atoms with Crippen molar-refractivity contribution in [2.75, 3.05) is 26.3 Å². The summed E-state index contributed by atoms with van der Waals surface area (Å²) in [4.78, 5) is 0.291. The van der Waals surface area contributed by atoms with Crippen LogP contribution in [-0.4, -0.2) is 40.8 Å². The average Bonchev–Trinajstić information content (AvgIpc) is 2.44. The normalized spacial score (nSPS) is 12.0. The van der Waals surface area contributed by atoms with Crippen LogP contribution in [0, 0.1) is 0 Å². The quantitative estimate of drug-likeness (QED) is 0.643. The van der Waals surface area contributed by atoms with Crippen molar-refractivity contribution in [1.29, 1.82) is 0 Å². The fraction of sp³-hybridized carbons (Fsp3) is 0.600. The highest BCUT2D eigenvalue weighted by Crippen LogP contribution is 2.10. The summed E-state index contributed by atoms with van der Waals surface area (Å²) in [7, 11) is -3.44. The number of hydrogen-bond acceptors (Lipinski definition) is 4. The highest BCUT2D eigenvalue weighted by Gasteiger charge is 2.12. The van der Waals surface area contributed by atoms with Crippen molar-refractivity contribution in [3.63, 3.8) is 0 Å². The molecular formula is C15H26N2O3S. The number of benzene rings is 1. The molecule has 21 heavy (non-hydrogen) atoms. The van der Waals surface area contributed by atoms with Gasteiger partial charge in [0.1, 0.15) is 0 Å². The lowest BCUT2D eigenvalue weighted by Crippen LogP contribution is -2.27. The molecule has 0 aliphatic heterocycles. The Morgan fingerprint density at radius 2 is 1.81 bits per heavy atom. The first-order valence-electron chi connectivity index (χ1n) is 7.35. The monoisotopic (exact) mass is 314 g/mol. The maximum atomic E-state index is 12.0. The van der Waals surface area contributed by atoms with E-state index in [1.54, 1.807) is 12.1 Å². The molecule has 2 N–H and O–H groups in total. The van der Waals surface area contributed by atoms with Crippen LogP contribution >= 0.6 is 0 Å². The molecule has 0 aromatic heterocycles. The SMILES string of the molecule is CCOCCNS(=O)(=O)c1ccc(CCNC(C)C)cc1. The number of sulfonamides is 1. The summed E-state index contributed by atoms with van der Waals surface area (Å²) in [6, 6.07) is 7.47. The van der Waals surface area contributed by atoms with Crippen LogP contribution in [0.25, 0.3) is 0 Å². The lowest BCUT2D eigenvalue weighted by atomic mass is 10.1. The van der Waals surface area contributed by atoms with E-state index in [2.05, 4.69) is 23.9 Å². The Labute approximate surface area is 128 Å².